The van der Waals surface area contributed by atoms with E-state index in [1.807, 2.05) is 0 Å². The molecular weight excluding hydrogens is 371 g/mol. The zero-order valence-corrected chi connectivity index (χ0v) is 16.5. The molecule has 0 bridgehead atoms. The second-order valence-electron chi connectivity index (χ2n) is 6.48. The molecule has 28 heavy (non-hydrogen) atoms. The second-order valence-corrected chi connectivity index (χ2v) is 6.48. The van der Waals surface area contributed by atoms with Crippen molar-refractivity contribution >= 4 is 11.9 Å². The van der Waals surface area contributed by atoms with E-state index in [1.165, 1.54) is 14.0 Å². The lowest BCUT2D eigenvalue weighted by atomic mass is 9.97. The van der Waals surface area contributed by atoms with Crippen LogP contribution in [0.2, 0.25) is 0 Å². The summed E-state index contributed by atoms with van der Waals surface area (Å²) in [4.78, 5) is 25.3. The zero-order chi connectivity index (χ0) is 20.8. The summed E-state index contributed by atoms with van der Waals surface area (Å²) in [5, 5.41) is 0.906. The van der Waals surface area contributed by atoms with Crippen molar-refractivity contribution in [2.24, 2.45) is 0 Å². The summed E-state index contributed by atoms with van der Waals surface area (Å²) in [5.41, 5.74) is 0.451. The van der Waals surface area contributed by atoms with E-state index in [9.17, 15) is 18.0 Å². The van der Waals surface area contributed by atoms with Gasteiger partial charge in [-0.3, -0.25) is 9.63 Å². The van der Waals surface area contributed by atoms with Gasteiger partial charge in [0.15, 0.2) is 0 Å². The first kappa shape index (κ1) is 21.8. The third-order valence-corrected chi connectivity index (χ3v) is 4.33. The summed E-state index contributed by atoms with van der Waals surface area (Å²) in [6.45, 7) is 4.92. The first-order valence-corrected chi connectivity index (χ1v) is 9.17. The van der Waals surface area contributed by atoms with Crippen LogP contribution in [0.25, 0.3) is 11.1 Å². The molecular formula is C20H24F3N3O2. The topological polar surface area (TPSA) is 55.3 Å². The molecule has 0 saturated carbocycles. The Morgan fingerprint density at radius 3 is 2.25 bits per heavy atom. The molecule has 2 aromatic rings. The highest BCUT2D eigenvalue weighted by Gasteiger charge is 2.24. The van der Waals surface area contributed by atoms with Crippen molar-refractivity contribution in [1.29, 1.82) is 0 Å². The van der Waals surface area contributed by atoms with E-state index >= 15 is 0 Å². The number of benzene rings is 1. The van der Waals surface area contributed by atoms with Crippen LogP contribution in [-0.2, 0) is 16.1 Å². The number of rotatable bonds is 8. The van der Waals surface area contributed by atoms with Crippen LogP contribution in [-0.4, -0.2) is 23.0 Å². The number of anilines is 1. The van der Waals surface area contributed by atoms with Gasteiger partial charge in [-0.05, 0) is 19.8 Å². The first-order valence-electron chi connectivity index (χ1n) is 9.17. The Hall–Kier alpha value is -2.48. The highest BCUT2D eigenvalue weighted by atomic mass is 19.1. The minimum Gasteiger partial charge on any atom is -0.272 e. The number of hydrogen-bond donors (Lipinski definition) is 0. The third kappa shape index (κ3) is 4.86. The largest absolute Gasteiger partial charge is 0.272 e. The van der Waals surface area contributed by atoms with Crippen molar-refractivity contribution in [3.05, 3.63) is 41.0 Å². The monoisotopic (exact) mass is 395 g/mol. The standard InChI is InChI=1S/C20H24F3N3O2/c1-5-6-7-8-9-17-18(19-15(22)10-14(21)11-16(19)23)12(2)24-20(25-17)26(28-4)13(3)27/h10-11H,5-9H2,1-4H3. The molecule has 0 N–H and O–H groups in total. The van der Waals surface area contributed by atoms with Gasteiger partial charge in [-0.1, -0.05) is 26.2 Å². The van der Waals surface area contributed by atoms with Gasteiger partial charge in [0.1, 0.15) is 17.5 Å². The minimum atomic E-state index is -1.03. The molecule has 1 aromatic heterocycles. The molecule has 5 nitrogen and oxygen atoms in total. The van der Waals surface area contributed by atoms with Crippen LogP contribution < -0.4 is 5.06 Å². The number of halogens is 3. The van der Waals surface area contributed by atoms with E-state index in [2.05, 4.69) is 16.9 Å². The van der Waals surface area contributed by atoms with Crippen molar-refractivity contribution in [3.8, 4) is 11.1 Å². The van der Waals surface area contributed by atoms with Gasteiger partial charge in [-0.25, -0.2) is 23.1 Å². The van der Waals surface area contributed by atoms with Crippen LogP contribution in [0.1, 0.15) is 50.9 Å². The quantitative estimate of drug-likeness (QED) is 0.471. The number of aromatic nitrogens is 2. The lowest BCUT2D eigenvalue weighted by molar-refractivity contribution is -0.122. The van der Waals surface area contributed by atoms with Gasteiger partial charge in [0.25, 0.3) is 11.9 Å². The van der Waals surface area contributed by atoms with Crippen LogP contribution in [0.5, 0.6) is 0 Å². The maximum atomic E-state index is 14.4. The van der Waals surface area contributed by atoms with Crippen LogP contribution in [0.3, 0.4) is 0 Å². The minimum absolute atomic E-state index is 0.00957. The molecule has 0 spiro atoms. The van der Waals surface area contributed by atoms with E-state index in [-0.39, 0.29) is 22.8 Å². The highest BCUT2D eigenvalue weighted by molar-refractivity contribution is 5.87. The normalized spacial score (nSPS) is 11.0. The van der Waals surface area contributed by atoms with Crippen LogP contribution in [0.4, 0.5) is 19.1 Å². The van der Waals surface area contributed by atoms with Gasteiger partial charge < -0.3 is 0 Å². The molecule has 0 aliphatic rings. The fourth-order valence-corrected chi connectivity index (χ4v) is 3.06. The maximum absolute atomic E-state index is 14.4. The van der Waals surface area contributed by atoms with Gasteiger partial charge in [-0.15, -0.1) is 0 Å². The Balaban J connectivity index is 2.62. The Bertz CT molecular complexity index is 836. The SMILES string of the molecule is CCCCCCc1nc(N(OC)C(C)=O)nc(C)c1-c1c(F)cc(F)cc1F. The molecule has 1 amide bonds. The number of carbonyl (C=O) groups excluding carboxylic acids is 1. The van der Waals surface area contributed by atoms with E-state index in [1.54, 1.807) is 6.92 Å². The summed E-state index contributed by atoms with van der Waals surface area (Å²) in [6.07, 6.45) is 4.14. The molecule has 0 aliphatic heterocycles. The first-order chi connectivity index (χ1) is 13.3. The van der Waals surface area contributed by atoms with Crippen molar-refractivity contribution in [2.45, 2.75) is 52.9 Å². The number of nitrogens with zero attached hydrogens (tertiary/aromatic N) is 3. The average Bonchev–Trinajstić information content (AvgIpc) is 2.60. The average molecular weight is 395 g/mol. The number of amides is 1. The maximum Gasteiger partial charge on any atom is 0.257 e. The lowest BCUT2D eigenvalue weighted by Gasteiger charge is -2.20. The van der Waals surface area contributed by atoms with Crippen molar-refractivity contribution in [1.82, 2.24) is 9.97 Å². The summed E-state index contributed by atoms with van der Waals surface area (Å²) >= 11 is 0. The summed E-state index contributed by atoms with van der Waals surface area (Å²) in [5.74, 6) is -3.50. The number of unbranched alkanes of at least 4 members (excludes halogenated alkanes) is 3. The Morgan fingerprint density at radius 1 is 1.07 bits per heavy atom. The summed E-state index contributed by atoms with van der Waals surface area (Å²) in [7, 11) is 1.30. The van der Waals surface area contributed by atoms with Crippen molar-refractivity contribution in [2.75, 3.05) is 12.2 Å². The molecule has 0 fully saturated rings. The molecule has 152 valence electrons. The Morgan fingerprint density at radius 2 is 1.71 bits per heavy atom. The zero-order valence-electron chi connectivity index (χ0n) is 16.5. The fourth-order valence-electron chi connectivity index (χ4n) is 3.06. The molecule has 8 heteroatoms. The molecule has 1 heterocycles. The fraction of sp³-hybridized carbons (Fsp3) is 0.450. The number of hydroxylamine groups is 1. The predicted octanol–water partition coefficient (Wildman–Crippen LogP) is 4.91. The smallest absolute Gasteiger partial charge is 0.257 e. The third-order valence-electron chi connectivity index (χ3n) is 4.33. The molecule has 0 saturated heterocycles. The van der Waals surface area contributed by atoms with E-state index in [4.69, 9.17) is 4.84 Å². The highest BCUT2D eigenvalue weighted by Crippen LogP contribution is 2.33. The summed E-state index contributed by atoms with van der Waals surface area (Å²) in [6, 6.07) is 1.26. The lowest BCUT2D eigenvalue weighted by Crippen LogP contribution is -2.29. The van der Waals surface area contributed by atoms with E-state index in [0.29, 0.717) is 24.2 Å². The summed E-state index contributed by atoms with van der Waals surface area (Å²) < 4.78 is 42.2. The molecule has 0 unspecified atom stereocenters. The molecule has 1 aromatic carbocycles. The number of hydrogen-bond acceptors (Lipinski definition) is 4. The van der Waals surface area contributed by atoms with E-state index in [0.717, 1.165) is 30.7 Å². The molecule has 0 aliphatic carbocycles. The number of carbonyl (C=O) groups is 1. The molecule has 2 rings (SSSR count). The Kier molecular flexibility index (Phi) is 7.51. The Labute approximate surface area is 162 Å². The van der Waals surface area contributed by atoms with E-state index < -0.39 is 23.4 Å². The van der Waals surface area contributed by atoms with Crippen LogP contribution in [0, 0.1) is 24.4 Å². The predicted molar refractivity (Wildman–Crippen MR) is 100 cm³/mol. The number of aryl methyl sites for hydroxylation is 2. The second kappa shape index (κ2) is 9.64. The van der Waals surface area contributed by atoms with Crippen LogP contribution in [0.15, 0.2) is 12.1 Å². The molecule has 0 atom stereocenters. The van der Waals surface area contributed by atoms with Gasteiger partial charge in [0.2, 0.25) is 0 Å². The van der Waals surface area contributed by atoms with Crippen molar-refractivity contribution in [3.63, 3.8) is 0 Å². The molecule has 0 radical (unpaired) electrons. The van der Waals surface area contributed by atoms with Crippen molar-refractivity contribution < 1.29 is 22.8 Å². The van der Waals surface area contributed by atoms with Gasteiger partial charge in [0.05, 0.1) is 24.1 Å². The van der Waals surface area contributed by atoms with Gasteiger partial charge >= 0.3 is 0 Å². The van der Waals surface area contributed by atoms with Gasteiger partial charge in [-0.2, -0.15) is 5.06 Å². The van der Waals surface area contributed by atoms with Crippen LogP contribution >= 0.6 is 0 Å². The van der Waals surface area contributed by atoms with Gasteiger partial charge in [0, 0.05) is 24.6 Å².